The van der Waals surface area contributed by atoms with E-state index >= 15 is 0 Å². The molecule has 1 saturated heterocycles. The van der Waals surface area contributed by atoms with E-state index in [1.54, 1.807) is 0 Å². The standard InChI is InChI=1S/C18H25N3/c1-3-18(4-2)9-10-21(13-18)17-15(12-19)11-14-7-5-6-8-16(14)20-17/h5-8,11H,3-4,9-10,12-13,19H2,1-2H3. The lowest BCUT2D eigenvalue weighted by atomic mass is 9.82. The van der Waals surface area contributed by atoms with Crippen LogP contribution in [0.3, 0.4) is 0 Å². The van der Waals surface area contributed by atoms with E-state index in [0.717, 1.165) is 30.0 Å². The normalized spacial score (nSPS) is 17.6. The van der Waals surface area contributed by atoms with Crippen LogP contribution >= 0.6 is 0 Å². The highest BCUT2D eigenvalue weighted by molar-refractivity contribution is 5.81. The van der Waals surface area contributed by atoms with Crippen molar-refractivity contribution in [2.75, 3.05) is 18.0 Å². The van der Waals surface area contributed by atoms with Crippen LogP contribution in [0.25, 0.3) is 10.9 Å². The molecular formula is C18H25N3. The van der Waals surface area contributed by atoms with Gasteiger partial charge in [-0.15, -0.1) is 0 Å². The van der Waals surface area contributed by atoms with Crippen molar-refractivity contribution in [3.8, 4) is 0 Å². The Morgan fingerprint density at radius 1 is 1.24 bits per heavy atom. The molecule has 3 nitrogen and oxygen atoms in total. The predicted octanol–water partition coefficient (Wildman–Crippen LogP) is 3.71. The summed E-state index contributed by atoms with van der Waals surface area (Å²) in [7, 11) is 0. The molecule has 3 rings (SSSR count). The van der Waals surface area contributed by atoms with E-state index in [2.05, 4.69) is 43.0 Å². The molecule has 2 aromatic rings. The zero-order valence-corrected chi connectivity index (χ0v) is 13.1. The molecule has 2 N–H and O–H groups in total. The maximum absolute atomic E-state index is 5.98. The third-order valence-electron chi connectivity index (χ3n) is 5.24. The van der Waals surface area contributed by atoms with E-state index in [-0.39, 0.29) is 0 Å². The first kappa shape index (κ1) is 14.3. The first-order valence-corrected chi connectivity index (χ1v) is 8.05. The van der Waals surface area contributed by atoms with Gasteiger partial charge in [-0.3, -0.25) is 0 Å². The second kappa shape index (κ2) is 5.64. The number of aromatic nitrogens is 1. The van der Waals surface area contributed by atoms with Crippen LogP contribution in [0.5, 0.6) is 0 Å². The van der Waals surface area contributed by atoms with Gasteiger partial charge in [0.25, 0.3) is 0 Å². The highest BCUT2D eigenvalue weighted by Gasteiger charge is 2.36. The van der Waals surface area contributed by atoms with Gasteiger partial charge in [0.05, 0.1) is 5.52 Å². The van der Waals surface area contributed by atoms with Crippen LogP contribution in [0.1, 0.15) is 38.7 Å². The molecule has 1 aliphatic rings. The highest BCUT2D eigenvalue weighted by atomic mass is 15.2. The number of pyridine rings is 1. The smallest absolute Gasteiger partial charge is 0.133 e. The second-order valence-electron chi connectivity index (χ2n) is 6.25. The first-order valence-electron chi connectivity index (χ1n) is 8.05. The van der Waals surface area contributed by atoms with Gasteiger partial charge in [0.15, 0.2) is 0 Å². The number of nitrogens with two attached hydrogens (primary N) is 1. The number of anilines is 1. The van der Waals surface area contributed by atoms with Crippen LogP contribution in [0.4, 0.5) is 5.82 Å². The fraction of sp³-hybridized carbons (Fsp3) is 0.500. The van der Waals surface area contributed by atoms with Crippen LogP contribution < -0.4 is 10.6 Å². The van der Waals surface area contributed by atoms with Gasteiger partial charge in [0.2, 0.25) is 0 Å². The third kappa shape index (κ3) is 2.51. The lowest BCUT2D eigenvalue weighted by Crippen LogP contribution is -2.27. The number of hydrogen-bond donors (Lipinski definition) is 1. The number of fused-ring (bicyclic) bond motifs is 1. The fourth-order valence-electron chi connectivity index (χ4n) is 3.52. The molecule has 0 radical (unpaired) electrons. The minimum absolute atomic E-state index is 0.458. The van der Waals surface area contributed by atoms with Gasteiger partial charge in [0, 0.05) is 30.6 Å². The first-order chi connectivity index (χ1) is 10.2. The number of benzene rings is 1. The number of rotatable bonds is 4. The molecule has 1 fully saturated rings. The molecule has 2 heterocycles. The Morgan fingerprint density at radius 3 is 2.67 bits per heavy atom. The number of nitrogens with zero attached hydrogens (tertiary/aromatic N) is 2. The summed E-state index contributed by atoms with van der Waals surface area (Å²) >= 11 is 0. The van der Waals surface area contributed by atoms with Crippen molar-refractivity contribution in [3.05, 3.63) is 35.9 Å². The van der Waals surface area contributed by atoms with Gasteiger partial charge in [-0.1, -0.05) is 32.0 Å². The van der Waals surface area contributed by atoms with E-state index in [9.17, 15) is 0 Å². The molecule has 1 aromatic carbocycles. The van der Waals surface area contributed by atoms with E-state index in [0.29, 0.717) is 12.0 Å². The fourth-order valence-corrected chi connectivity index (χ4v) is 3.52. The molecule has 0 amide bonds. The third-order valence-corrected chi connectivity index (χ3v) is 5.24. The molecule has 0 spiro atoms. The SMILES string of the molecule is CCC1(CC)CCN(c2nc3ccccc3cc2CN)C1. The highest BCUT2D eigenvalue weighted by Crippen LogP contribution is 2.39. The molecule has 3 heteroatoms. The van der Waals surface area contributed by atoms with Gasteiger partial charge in [-0.2, -0.15) is 0 Å². The number of hydrogen-bond acceptors (Lipinski definition) is 3. The summed E-state index contributed by atoms with van der Waals surface area (Å²) in [4.78, 5) is 7.35. The zero-order chi connectivity index (χ0) is 14.9. The minimum atomic E-state index is 0.458. The summed E-state index contributed by atoms with van der Waals surface area (Å²) in [5, 5.41) is 1.18. The molecule has 0 saturated carbocycles. The van der Waals surface area contributed by atoms with Crippen molar-refractivity contribution >= 4 is 16.7 Å². The van der Waals surface area contributed by atoms with Gasteiger partial charge >= 0.3 is 0 Å². The Labute approximate surface area is 127 Å². The molecule has 0 bridgehead atoms. The average Bonchev–Trinajstić information content (AvgIpc) is 2.98. The van der Waals surface area contributed by atoms with E-state index in [4.69, 9.17) is 10.7 Å². The lowest BCUT2D eigenvalue weighted by Gasteiger charge is -2.27. The molecule has 0 unspecified atom stereocenters. The summed E-state index contributed by atoms with van der Waals surface area (Å²) < 4.78 is 0. The van der Waals surface area contributed by atoms with Crippen molar-refractivity contribution in [1.29, 1.82) is 0 Å². The van der Waals surface area contributed by atoms with Crippen LogP contribution in [-0.2, 0) is 6.54 Å². The molecular weight excluding hydrogens is 258 g/mol. The molecule has 1 aliphatic heterocycles. The Balaban J connectivity index is 2.00. The van der Waals surface area contributed by atoms with Crippen molar-refractivity contribution in [3.63, 3.8) is 0 Å². The van der Waals surface area contributed by atoms with Crippen molar-refractivity contribution < 1.29 is 0 Å². The molecule has 21 heavy (non-hydrogen) atoms. The summed E-state index contributed by atoms with van der Waals surface area (Å²) in [6.07, 6.45) is 3.75. The lowest BCUT2D eigenvalue weighted by molar-refractivity contribution is 0.301. The van der Waals surface area contributed by atoms with Crippen molar-refractivity contribution in [2.45, 2.75) is 39.7 Å². The summed E-state index contributed by atoms with van der Waals surface area (Å²) in [5.41, 5.74) is 8.66. The summed E-state index contributed by atoms with van der Waals surface area (Å²) in [6, 6.07) is 10.5. The summed E-state index contributed by atoms with van der Waals surface area (Å²) in [5.74, 6) is 1.10. The molecule has 112 valence electrons. The molecule has 0 aliphatic carbocycles. The Bertz CT molecular complexity index is 631. The Kier molecular flexibility index (Phi) is 3.85. The van der Waals surface area contributed by atoms with Crippen LogP contribution in [-0.4, -0.2) is 18.1 Å². The van der Waals surface area contributed by atoms with E-state index in [1.165, 1.54) is 24.6 Å². The minimum Gasteiger partial charge on any atom is -0.356 e. The second-order valence-corrected chi connectivity index (χ2v) is 6.25. The van der Waals surface area contributed by atoms with Gasteiger partial charge in [-0.05, 0) is 36.8 Å². The largest absolute Gasteiger partial charge is 0.356 e. The molecule has 0 atom stereocenters. The maximum atomic E-state index is 5.98. The van der Waals surface area contributed by atoms with Crippen molar-refractivity contribution in [2.24, 2.45) is 11.1 Å². The van der Waals surface area contributed by atoms with Crippen LogP contribution in [0.15, 0.2) is 30.3 Å². The zero-order valence-electron chi connectivity index (χ0n) is 13.1. The number of para-hydroxylation sites is 1. The van der Waals surface area contributed by atoms with Crippen molar-refractivity contribution in [1.82, 2.24) is 4.98 Å². The molecule has 1 aromatic heterocycles. The summed E-state index contributed by atoms with van der Waals surface area (Å²) in [6.45, 7) is 7.38. The van der Waals surface area contributed by atoms with Crippen LogP contribution in [0.2, 0.25) is 0 Å². The Morgan fingerprint density at radius 2 is 2.00 bits per heavy atom. The van der Waals surface area contributed by atoms with Gasteiger partial charge in [0.1, 0.15) is 5.82 Å². The Hall–Kier alpha value is -1.61. The van der Waals surface area contributed by atoms with Gasteiger partial charge < -0.3 is 10.6 Å². The predicted molar refractivity (Wildman–Crippen MR) is 89.5 cm³/mol. The van der Waals surface area contributed by atoms with E-state index < -0.39 is 0 Å². The van der Waals surface area contributed by atoms with E-state index in [1.807, 2.05) is 6.07 Å². The van der Waals surface area contributed by atoms with Gasteiger partial charge in [-0.25, -0.2) is 4.98 Å². The quantitative estimate of drug-likeness (QED) is 0.930. The van der Waals surface area contributed by atoms with Crippen LogP contribution in [0, 0.1) is 5.41 Å². The maximum Gasteiger partial charge on any atom is 0.133 e. The average molecular weight is 283 g/mol. The monoisotopic (exact) mass is 283 g/mol. The topological polar surface area (TPSA) is 42.2 Å².